The molecule has 0 saturated heterocycles. The largest absolute Gasteiger partial charge is 0.412 e. The number of nitrogens with one attached hydrogen (secondary N) is 1. The van der Waals surface area contributed by atoms with Gasteiger partial charge in [-0.2, -0.15) is 0 Å². The van der Waals surface area contributed by atoms with Crippen LogP contribution in [0.15, 0.2) is 12.1 Å². The van der Waals surface area contributed by atoms with Crippen molar-refractivity contribution in [1.82, 2.24) is 10.3 Å². The number of pyridine rings is 1. The number of alkyl halides is 1. The quantitative estimate of drug-likeness (QED) is 0.843. The van der Waals surface area contributed by atoms with Crippen LogP contribution in [0.3, 0.4) is 0 Å². The van der Waals surface area contributed by atoms with Crippen LogP contribution in [0.1, 0.15) is 51.6 Å². The Morgan fingerprint density at radius 2 is 1.57 bits per heavy atom. The van der Waals surface area contributed by atoms with E-state index in [2.05, 4.69) is 26.2 Å². The zero-order chi connectivity index (χ0) is 15.7. The number of carbonyl (C=O) groups excluding carboxylic acids is 1. The van der Waals surface area contributed by atoms with E-state index >= 15 is 0 Å². The second-order valence-corrected chi connectivity index (χ2v) is 7.90. The fraction of sp³-hybridized carbons (Fsp3) is 0.625. The summed E-state index contributed by atoms with van der Waals surface area (Å²) >= 11 is 3.49. The Kier molecular flexibility index (Phi) is 6.57. The molecule has 0 aliphatic heterocycles. The topological polar surface area (TPSA) is 73.5 Å². The van der Waals surface area contributed by atoms with Crippen LogP contribution in [-0.4, -0.2) is 21.2 Å². The fourth-order valence-corrected chi connectivity index (χ4v) is 2.15. The molecule has 3 N–H and O–H groups in total. The first-order chi connectivity index (χ1) is 8.93. The van der Waals surface area contributed by atoms with E-state index in [4.69, 9.17) is 0 Å². The molecule has 1 rings (SSSR count). The van der Waals surface area contributed by atoms with Crippen molar-refractivity contribution >= 4 is 21.8 Å². The molecular weight excluding hydrogens is 332 g/mol. The van der Waals surface area contributed by atoms with Gasteiger partial charge in [-0.25, -0.2) is 0 Å². The van der Waals surface area contributed by atoms with Crippen molar-refractivity contribution in [2.24, 2.45) is 5.41 Å². The van der Waals surface area contributed by atoms with Gasteiger partial charge in [0.2, 0.25) is 5.91 Å². The molecule has 0 bridgehead atoms. The highest BCUT2D eigenvalue weighted by atomic mass is 79.9. The minimum atomic E-state index is -0.424. The standard InChI is InChI=1S/C16H25BrN2O.H2O/c1-10-8-12(9-11(2)18-10)16(6,7)19-14(20)13(17)15(3,4)5;/h8-9,13H,1-7H3,(H,19,20);1H2. The first kappa shape index (κ1) is 20.1. The molecule has 0 spiro atoms. The summed E-state index contributed by atoms with van der Waals surface area (Å²) in [7, 11) is 0. The van der Waals surface area contributed by atoms with Crippen LogP contribution < -0.4 is 5.32 Å². The zero-order valence-corrected chi connectivity index (χ0v) is 15.6. The van der Waals surface area contributed by atoms with Gasteiger partial charge in [0.1, 0.15) is 0 Å². The van der Waals surface area contributed by atoms with E-state index in [1.54, 1.807) is 0 Å². The van der Waals surface area contributed by atoms with Gasteiger partial charge in [0, 0.05) is 11.4 Å². The molecule has 0 fully saturated rings. The van der Waals surface area contributed by atoms with Gasteiger partial charge in [-0.3, -0.25) is 9.78 Å². The first-order valence-corrected chi connectivity index (χ1v) is 7.77. The molecular formula is C16H27BrN2O2. The number of carbonyl (C=O) groups is 1. The van der Waals surface area contributed by atoms with Gasteiger partial charge in [0.25, 0.3) is 0 Å². The minimum absolute atomic E-state index is 0. The highest BCUT2D eigenvalue weighted by molar-refractivity contribution is 9.10. The van der Waals surface area contributed by atoms with Crippen molar-refractivity contribution < 1.29 is 10.3 Å². The van der Waals surface area contributed by atoms with E-state index in [0.29, 0.717) is 0 Å². The first-order valence-electron chi connectivity index (χ1n) is 6.85. The summed E-state index contributed by atoms with van der Waals surface area (Å²) in [5, 5.41) is 3.12. The lowest BCUT2D eigenvalue weighted by atomic mass is 9.89. The molecule has 0 saturated carbocycles. The van der Waals surface area contributed by atoms with E-state index in [9.17, 15) is 4.79 Å². The van der Waals surface area contributed by atoms with Gasteiger partial charge in [-0.05, 0) is 50.8 Å². The average Bonchev–Trinajstić information content (AvgIpc) is 2.24. The maximum atomic E-state index is 12.4. The van der Waals surface area contributed by atoms with Gasteiger partial charge >= 0.3 is 0 Å². The third-order valence-corrected chi connectivity index (χ3v) is 5.02. The molecule has 21 heavy (non-hydrogen) atoms. The zero-order valence-electron chi connectivity index (χ0n) is 14.0. The number of nitrogens with zero attached hydrogens (tertiary/aromatic N) is 1. The Bertz CT molecular complexity index is 487. The summed E-state index contributed by atoms with van der Waals surface area (Å²) in [6.07, 6.45) is 0. The van der Waals surface area contributed by atoms with Crippen LogP contribution in [0.4, 0.5) is 0 Å². The van der Waals surface area contributed by atoms with Crippen molar-refractivity contribution in [2.45, 2.75) is 58.8 Å². The monoisotopic (exact) mass is 358 g/mol. The van der Waals surface area contributed by atoms with E-state index in [-0.39, 0.29) is 21.6 Å². The van der Waals surface area contributed by atoms with Gasteiger partial charge in [0.15, 0.2) is 0 Å². The molecule has 1 aromatic rings. The van der Waals surface area contributed by atoms with E-state index < -0.39 is 5.54 Å². The highest BCUT2D eigenvalue weighted by Crippen LogP contribution is 2.28. The number of hydrogen-bond donors (Lipinski definition) is 1. The van der Waals surface area contributed by atoms with E-state index in [0.717, 1.165) is 17.0 Å². The van der Waals surface area contributed by atoms with E-state index in [1.165, 1.54) is 0 Å². The predicted molar refractivity (Wildman–Crippen MR) is 90.7 cm³/mol. The molecule has 0 aliphatic carbocycles. The normalized spacial score (nSPS) is 13.3. The summed E-state index contributed by atoms with van der Waals surface area (Å²) in [4.78, 5) is 16.5. The lowest BCUT2D eigenvalue weighted by Gasteiger charge is -2.32. The van der Waals surface area contributed by atoms with Crippen molar-refractivity contribution in [3.05, 3.63) is 29.1 Å². The second kappa shape index (κ2) is 6.88. The predicted octanol–water partition coefficient (Wildman–Crippen LogP) is 3.03. The lowest BCUT2D eigenvalue weighted by Crippen LogP contribution is -2.47. The Morgan fingerprint density at radius 3 is 1.95 bits per heavy atom. The Balaban J connectivity index is 0.00000400. The van der Waals surface area contributed by atoms with Crippen molar-refractivity contribution in [3.63, 3.8) is 0 Å². The summed E-state index contributed by atoms with van der Waals surface area (Å²) < 4.78 is 0. The highest BCUT2D eigenvalue weighted by Gasteiger charge is 2.32. The smallest absolute Gasteiger partial charge is 0.234 e. The van der Waals surface area contributed by atoms with Crippen LogP contribution in [-0.2, 0) is 10.3 Å². The van der Waals surface area contributed by atoms with Gasteiger partial charge in [0.05, 0.1) is 10.4 Å². The SMILES string of the molecule is Cc1cc(C(C)(C)NC(=O)C(Br)C(C)(C)C)cc(C)n1.O. The maximum absolute atomic E-state index is 12.4. The fourth-order valence-electron chi connectivity index (χ4n) is 2.03. The van der Waals surface area contributed by atoms with Crippen molar-refractivity contribution in [3.8, 4) is 0 Å². The molecule has 1 aromatic heterocycles. The Labute approximate surface area is 136 Å². The number of aryl methyl sites for hydroxylation is 2. The molecule has 5 heteroatoms. The molecule has 4 nitrogen and oxygen atoms in total. The van der Waals surface area contributed by atoms with Crippen LogP contribution in [0.25, 0.3) is 0 Å². The third-order valence-electron chi connectivity index (χ3n) is 3.23. The summed E-state index contributed by atoms with van der Waals surface area (Å²) in [5.74, 6) is 0.00891. The van der Waals surface area contributed by atoms with Crippen LogP contribution in [0.5, 0.6) is 0 Å². The summed E-state index contributed by atoms with van der Waals surface area (Å²) in [6.45, 7) is 14.1. The average molecular weight is 359 g/mol. The molecule has 0 aromatic carbocycles. The minimum Gasteiger partial charge on any atom is -0.412 e. The molecule has 1 unspecified atom stereocenters. The molecule has 0 radical (unpaired) electrons. The summed E-state index contributed by atoms with van der Waals surface area (Å²) in [6, 6.07) is 4.04. The molecule has 0 aliphatic rings. The molecule has 1 amide bonds. The van der Waals surface area contributed by atoms with Crippen LogP contribution in [0.2, 0.25) is 0 Å². The number of halogens is 1. The number of rotatable bonds is 3. The maximum Gasteiger partial charge on any atom is 0.234 e. The van der Waals surface area contributed by atoms with Crippen molar-refractivity contribution in [2.75, 3.05) is 0 Å². The van der Waals surface area contributed by atoms with Gasteiger partial charge in [-0.1, -0.05) is 36.7 Å². The Hall–Kier alpha value is -0.940. The lowest BCUT2D eigenvalue weighted by molar-refractivity contribution is -0.123. The molecule has 120 valence electrons. The number of amides is 1. The van der Waals surface area contributed by atoms with Crippen LogP contribution in [0, 0.1) is 19.3 Å². The second-order valence-electron chi connectivity index (χ2n) is 6.98. The van der Waals surface area contributed by atoms with E-state index in [1.807, 2.05) is 60.6 Å². The number of hydrogen-bond acceptors (Lipinski definition) is 2. The Morgan fingerprint density at radius 1 is 1.14 bits per heavy atom. The van der Waals surface area contributed by atoms with Gasteiger partial charge in [-0.15, -0.1) is 0 Å². The van der Waals surface area contributed by atoms with Crippen LogP contribution >= 0.6 is 15.9 Å². The van der Waals surface area contributed by atoms with Crippen molar-refractivity contribution in [1.29, 1.82) is 0 Å². The molecule has 1 atom stereocenters. The number of aromatic nitrogens is 1. The summed E-state index contributed by atoms with van der Waals surface area (Å²) in [5.41, 5.74) is 2.46. The third kappa shape index (κ3) is 5.40. The molecule has 1 heterocycles. The van der Waals surface area contributed by atoms with Gasteiger partial charge < -0.3 is 10.8 Å².